The highest BCUT2D eigenvalue weighted by molar-refractivity contribution is 5.83. The Labute approximate surface area is 142 Å². The first-order valence-corrected chi connectivity index (χ1v) is 8.88. The lowest BCUT2D eigenvalue weighted by atomic mass is 9.88. The Balaban J connectivity index is 1.44. The Kier molecular flexibility index (Phi) is 4.10. The second kappa shape index (κ2) is 6.40. The molecule has 5 nitrogen and oxygen atoms in total. The summed E-state index contributed by atoms with van der Waals surface area (Å²) < 4.78 is 5.42. The molecule has 2 aromatic heterocycles. The van der Waals surface area contributed by atoms with Crippen LogP contribution in [0.15, 0.2) is 35.0 Å². The fourth-order valence-electron chi connectivity index (χ4n) is 3.77. The van der Waals surface area contributed by atoms with Crippen molar-refractivity contribution in [2.75, 3.05) is 13.1 Å². The van der Waals surface area contributed by atoms with Gasteiger partial charge in [-0.2, -0.15) is 4.98 Å². The van der Waals surface area contributed by atoms with Crippen LogP contribution in [0.5, 0.6) is 0 Å². The standard InChI is InChI=1S/C19H24N4O/c1-3-18-21-19(24-22-18)13(2)23-10-8-14(9-11-23)16-12-20-17-7-5-4-6-15(16)17/h4-7,12-14,20H,3,8-11H2,1-2H3. The number of nitrogens with zero attached hydrogens (tertiary/aromatic N) is 3. The van der Waals surface area contributed by atoms with Crippen molar-refractivity contribution >= 4 is 10.9 Å². The maximum Gasteiger partial charge on any atom is 0.243 e. The summed E-state index contributed by atoms with van der Waals surface area (Å²) in [7, 11) is 0. The molecule has 1 aliphatic heterocycles. The summed E-state index contributed by atoms with van der Waals surface area (Å²) in [5, 5.41) is 5.39. The molecule has 1 aromatic carbocycles. The molecule has 1 aliphatic rings. The molecule has 0 amide bonds. The van der Waals surface area contributed by atoms with Crippen molar-refractivity contribution in [2.45, 2.75) is 45.1 Å². The van der Waals surface area contributed by atoms with Crippen LogP contribution in [0.4, 0.5) is 0 Å². The van der Waals surface area contributed by atoms with Gasteiger partial charge in [-0.25, -0.2) is 0 Å². The van der Waals surface area contributed by atoms with Crippen molar-refractivity contribution in [2.24, 2.45) is 0 Å². The predicted octanol–water partition coefficient (Wildman–Crippen LogP) is 4.05. The third-order valence-electron chi connectivity index (χ3n) is 5.30. The van der Waals surface area contributed by atoms with E-state index in [0.717, 1.165) is 31.2 Å². The molecule has 0 radical (unpaired) electrons. The topological polar surface area (TPSA) is 58.0 Å². The summed E-state index contributed by atoms with van der Waals surface area (Å²) in [6, 6.07) is 8.78. The van der Waals surface area contributed by atoms with Crippen LogP contribution in [-0.4, -0.2) is 33.1 Å². The number of aryl methyl sites for hydroxylation is 1. The van der Waals surface area contributed by atoms with E-state index < -0.39 is 0 Å². The third-order valence-corrected chi connectivity index (χ3v) is 5.30. The van der Waals surface area contributed by atoms with Gasteiger partial charge in [-0.15, -0.1) is 0 Å². The number of nitrogens with one attached hydrogen (secondary N) is 1. The smallest absolute Gasteiger partial charge is 0.243 e. The monoisotopic (exact) mass is 324 g/mol. The van der Waals surface area contributed by atoms with Crippen molar-refractivity contribution in [3.8, 4) is 0 Å². The van der Waals surface area contributed by atoms with Crippen LogP contribution in [0.25, 0.3) is 10.9 Å². The van der Waals surface area contributed by atoms with E-state index in [1.165, 1.54) is 29.3 Å². The zero-order valence-electron chi connectivity index (χ0n) is 14.3. The molecule has 1 N–H and O–H groups in total. The lowest BCUT2D eigenvalue weighted by Crippen LogP contribution is -2.35. The number of para-hydroxylation sites is 1. The number of H-pyrrole nitrogens is 1. The summed E-state index contributed by atoms with van der Waals surface area (Å²) in [6.07, 6.45) is 5.35. The van der Waals surface area contributed by atoms with Crippen molar-refractivity contribution in [3.63, 3.8) is 0 Å². The summed E-state index contributed by atoms with van der Waals surface area (Å²) in [5.74, 6) is 2.17. The fraction of sp³-hybridized carbons (Fsp3) is 0.474. The predicted molar refractivity (Wildman–Crippen MR) is 93.9 cm³/mol. The van der Waals surface area contributed by atoms with Gasteiger partial charge in [0.2, 0.25) is 5.89 Å². The second-order valence-corrected chi connectivity index (χ2v) is 6.68. The number of likely N-dealkylation sites (tertiary alicyclic amines) is 1. The van der Waals surface area contributed by atoms with Gasteiger partial charge in [0.25, 0.3) is 0 Å². The fourth-order valence-corrected chi connectivity index (χ4v) is 3.77. The van der Waals surface area contributed by atoms with Gasteiger partial charge >= 0.3 is 0 Å². The number of piperidine rings is 1. The van der Waals surface area contributed by atoms with Crippen LogP contribution in [0, 0.1) is 0 Å². The molecular weight excluding hydrogens is 300 g/mol. The Hall–Kier alpha value is -2.14. The summed E-state index contributed by atoms with van der Waals surface area (Å²) >= 11 is 0. The van der Waals surface area contributed by atoms with Crippen LogP contribution in [0.1, 0.15) is 55.9 Å². The van der Waals surface area contributed by atoms with Crippen molar-refractivity contribution in [3.05, 3.63) is 47.7 Å². The SMILES string of the molecule is CCc1noc(C(C)N2CCC(c3c[nH]c4ccccc34)CC2)n1. The zero-order valence-corrected chi connectivity index (χ0v) is 14.3. The van der Waals surface area contributed by atoms with E-state index in [0.29, 0.717) is 5.92 Å². The number of fused-ring (bicyclic) bond motifs is 1. The molecule has 1 atom stereocenters. The lowest BCUT2D eigenvalue weighted by molar-refractivity contribution is 0.136. The van der Waals surface area contributed by atoms with Gasteiger partial charge in [0, 0.05) is 23.5 Å². The minimum absolute atomic E-state index is 0.196. The molecule has 3 aromatic rings. The highest BCUT2D eigenvalue weighted by Gasteiger charge is 2.28. The van der Waals surface area contributed by atoms with Gasteiger partial charge in [-0.3, -0.25) is 4.90 Å². The molecule has 1 saturated heterocycles. The summed E-state index contributed by atoms with van der Waals surface area (Å²) in [5.41, 5.74) is 2.70. The van der Waals surface area contributed by atoms with Gasteiger partial charge in [0.1, 0.15) is 0 Å². The van der Waals surface area contributed by atoms with Crippen LogP contribution < -0.4 is 0 Å². The largest absolute Gasteiger partial charge is 0.361 e. The Morgan fingerprint density at radius 2 is 2.08 bits per heavy atom. The molecule has 126 valence electrons. The van der Waals surface area contributed by atoms with Crippen molar-refractivity contribution in [1.82, 2.24) is 20.0 Å². The maximum absolute atomic E-state index is 5.42. The number of rotatable bonds is 4. The van der Waals surface area contributed by atoms with E-state index in [4.69, 9.17) is 4.52 Å². The number of benzene rings is 1. The first-order chi connectivity index (χ1) is 11.8. The Bertz CT molecular complexity index is 814. The van der Waals surface area contributed by atoms with E-state index in [9.17, 15) is 0 Å². The van der Waals surface area contributed by atoms with Gasteiger partial charge < -0.3 is 9.51 Å². The molecule has 0 aliphatic carbocycles. The highest BCUT2D eigenvalue weighted by atomic mass is 16.5. The minimum Gasteiger partial charge on any atom is -0.361 e. The van der Waals surface area contributed by atoms with E-state index in [2.05, 4.69) is 57.4 Å². The quantitative estimate of drug-likeness (QED) is 0.786. The minimum atomic E-state index is 0.196. The average Bonchev–Trinajstić information content (AvgIpc) is 3.28. The molecule has 0 bridgehead atoms. The van der Waals surface area contributed by atoms with Crippen LogP contribution in [0.3, 0.4) is 0 Å². The molecule has 1 unspecified atom stereocenters. The van der Waals surface area contributed by atoms with Gasteiger partial charge in [-0.05, 0) is 50.4 Å². The molecule has 0 saturated carbocycles. The van der Waals surface area contributed by atoms with Crippen LogP contribution in [-0.2, 0) is 6.42 Å². The average molecular weight is 324 g/mol. The number of aromatic nitrogens is 3. The number of hydrogen-bond acceptors (Lipinski definition) is 4. The highest BCUT2D eigenvalue weighted by Crippen LogP contribution is 2.35. The molecule has 24 heavy (non-hydrogen) atoms. The zero-order chi connectivity index (χ0) is 16.5. The normalized spacial score (nSPS) is 18.2. The van der Waals surface area contributed by atoms with Crippen molar-refractivity contribution < 1.29 is 4.52 Å². The third kappa shape index (κ3) is 2.73. The Morgan fingerprint density at radius 3 is 2.83 bits per heavy atom. The molecule has 1 fully saturated rings. The first kappa shape index (κ1) is 15.4. The Morgan fingerprint density at radius 1 is 1.29 bits per heavy atom. The maximum atomic E-state index is 5.42. The van der Waals surface area contributed by atoms with Gasteiger partial charge in [0.05, 0.1) is 6.04 Å². The molecule has 4 rings (SSSR count). The van der Waals surface area contributed by atoms with E-state index in [-0.39, 0.29) is 6.04 Å². The molecule has 5 heteroatoms. The lowest BCUT2D eigenvalue weighted by Gasteiger charge is -2.34. The van der Waals surface area contributed by atoms with Crippen molar-refractivity contribution in [1.29, 1.82) is 0 Å². The number of aromatic amines is 1. The van der Waals surface area contributed by atoms with Gasteiger partial charge in [0.15, 0.2) is 5.82 Å². The first-order valence-electron chi connectivity index (χ1n) is 8.88. The molecular formula is C19H24N4O. The summed E-state index contributed by atoms with van der Waals surface area (Å²) in [6.45, 7) is 6.34. The second-order valence-electron chi connectivity index (χ2n) is 6.68. The molecule has 3 heterocycles. The van der Waals surface area contributed by atoms with E-state index >= 15 is 0 Å². The van der Waals surface area contributed by atoms with Crippen LogP contribution >= 0.6 is 0 Å². The van der Waals surface area contributed by atoms with Crippen LogP contribution in [0.2, 0.25) is 0 Å². The van der Waals surface area contributed by atoms with E-state index in [1.54, 1.807) is 0 Å². The van der Waals surface area contributed by atoms with Gasteiger partial charge in [-0.1, -0.05) is 30.3 Å². The summed E-state index contributed by atoms with van der Waals surface area (Å²) in [4.78, 5) is 10.4. The molecule has 0 spiro atoms. The number of hydrogen-bond donors (Lipinski definition) is 1. The van der Waals surface area contributed by atoms with E-state index in [1.807, 2.05) is 6.92 Å².